The van der Waals surface area contributed by atoms with Crippen molar-refractivity contribution >= 4 is 33.3 Å². The van der Waals surface area contributed by atoms with Crippen LogP contribution in [0.25, 0.3) is 0 Å². The molecule has 0 N–H and O–H groups in total. The van der Waals surface area contributed by atoms with Crippen LogP contribution in [0.2, 0.25) is 5.02 Å². The number of hydrogen-bond donors (Lipinski definition) is 0. The highest BCUT2D eigenvalue weighted by Crippen LogP contribution is 2.34. The molecular formula is C10H7BrClF3O. The first-order chi connectivity index (χ1) is 7.27. The van der Waals surface area contributed by atoms with E-state index in [1.165, 1.54) is 6.92 Å². The first-order valence-corrected chi connectivity index (χ1v) is 5.74. The number of carbonyl (C=O) groups is 1. The van der Waals surface area contributed by atoms with Gasteiger partial charge in [0.15, 0.2) is 5.78 Å². The smallest absolute Gasteiger partial charge is 0.293 e. The zero-order valence-electron chi connectivity index (χ0n) is 8.16. The fourth-order valence-corrected chi connectivity index (χ4v) is 1.98. The molecule has 1 rings (SSSR count). The minimum Gasteiger partial charge on any atom is -0.293 e. The Morgan fingerprint density at radius 2 is 2.00 bits per heavy atom. The zero-order valence-corrected chi connectivity index (χ0v) is 10.5. The summed E-state index contributed by atoms with van der Waals surface area (Å²) in [5.74, 6) is -0.337. The van der Waals surface area contributed by atoms with Crippen LogP contribution in [0.4, 0.5) is 13.2 Å². The van der Waals surface area contributed by atoms with Gasteiger partial charge in [0.1, 0.15) is 0 Å². The molecular weight excluding hydrogens is 308 g/mol. The van der Waals surface area contributed by atoms with E-state index in [4.69, 9.17) is 11.6 Å². The van der Waals surface area contributed by atoms with Crippen molar-refractivity contribution in [3.05, 3.63) is 33.8 Å². The molecule has 0 heterocycles. The Bertz CT molecular complexity index is 406. The van der Waals surface area contributed by atoms with Gasteiger partial charge >= 0.3 is 6.18 Å². The Morgan fingerprint density at radius 1 is 1.44 bits per heavy atom. The summed E-state index contributed by atoms with van der Waals surface area (Å²) in [5.41, 5.74) is -0.489. The maximum Gasteiger partial charge on any atom is 0.416 e. The van der Waals surface area contributed by atoms with Crippen molar-refractivity contribution in [1.82, 2.24) is 0 Å². The minimum atomic E-state index is -4.45. The summed E-state index contributed by atoms with van der Waals surface area (Å²) in [6, 6.07) is 1.69. The quantitative estimate of drug-likeness (QED) is 0.589. The van der Waals surface area contributed by atoms with Crippen molar-refractivity contribution in [3.8, 4) is 0 Å². The SMILES string of the molecule is Cc1cc(C(F)(F)F)cc(Cl)c1C(=O)CBr. The number of benzene rings is 1. The molecule has 1 aromatic carbocycles. The molecule has 88 valence electrons. The largest absolute Gasteiger partial charge is 0.416 e. The van der Waals surface area contributed by atoms with Crippen molar-refractivity contribution in [2.45, 2.75) is 13.1 Å². The Balaban J connectivity index is 3.34. The van der Waals surface area contributed by atoms with Gasteiger partial charge in [-0.15, -0.1) is 0 Å². The average molecular weight is 316 g/mol. The molecule has 0 aliphatic rings. The topological polar surface area (TPSA) is 17.1 Å². The monoisotopic (exact) mass is 314 g/mol. The van der Waals surface area contributed by atoms with Gasteiger partial charge in [-0.1, -0.05) is 27.5 Å². The van der Waals surface area contributed by atoms with E-state index in [0.717, 1.165) is 12.1 Å². The molecule has 0 bridgehead atoms. The molecule has 0 aromatic heterocycles. The van der Waals surface area contributed by atoms with Crippen LogP contribution in [0.5, 0.6) is 0 Å². The van der Waals surface area contributed by atoms with E-state index < -0.39 is 11.7 Å². The number of Topliss-reactive ketones (excluding diaryl/α,β-unsaturated/α-hetero) is 1. The Morgan fingerprint density at radius 3 is 2.38 bits per heavy atom. The van der Waals surface area contributed by atoms with E-state index in [1.54, 1.807) is 0 Å². The van der Waals surface area contributed by atoms with E-state index in [2.05, 4.69) is 15.9 Å². The number of halogens is 5. The van der Waals surface area contributed by atoms with Crippen LogP contribution in [0.3, 0.4) is 0 Å². The number of carbonyl (C=O) groups excluding carboxylic acids is 1. The lowest BCUT2D eigenvalue weighted by atomic mass is 10.0. The van der Waals surface area contributed by atoms with Gasteiger partial charge in [0.05, 0.1) is 15.9 Å². The highest BCUT2D eigenvalue weighted by molar-refractivity contribution is 9.09. The summed E-state index contributed by atoms with van der Waals surface area (Å²) in [5, 5.41) is -0.143. The summed E-state index contributed by atoms with van der Waals surface area (Å²) in [7, 11) is 0. The molecule has 0 radical (unpaired) electrons. The van der Waals surface area contributed by atoms with Crippen molar-refractivity contribution in [2.75, 3.05) is 5.33 Å². The number of ketones is 1. The molecule has 0 amide bonds. The molecule has 1 nitrogen and oxygen atoms in total. The third kappa shape index (κ3) is 2.77. The molecule has 0 spiro atoms. The molecule has 0 atom stereocenters. The molecule has 0 saturated carbocycles. The number of aryl methyl sites for hydroxylation is 1. The highest BCUT2D eigenvalue weighted by Gasteiger charge is 2.32. The van der Waals surface area contributed by atoms with Crippen LogP contribution in [0, 0.1) is 6.92 Å². The first-order valence-electron chi connectivity index (χ1n) is 4.24. The second-order valence-electron chi connectivity index (χ2n) is 3.20. The zero-order chi connectivity index (χ0) is 12.5. The molecule has 0 aliphatic carbocycles. The van der Waals surface area contributed by atoms with Crippen LogP contribution >= 0.6 is 27.5 Å². The van der Waals surface area contributed by atoms with E-state index in [-0.39, 0.29) is 27.3 Å². The maximum absolute atomic E-state index is 12.4. The lowest BCUT2D eigenvalue weighted by Crippen LogP contribution is -2.09. The van der Waals surface area contributed by atoms with Gasteiger partial charge in [-0.05, 0) is 24.6 Å². The Hall–Kier alpha value is -0.550. The van der Waals surface area contributed by atoms with E-state index in [9.17, 15) is 18.0 Å². The molecule has 0 aliphatic heterocycles. The van der Waals surface area contributed by atoms with E-state index in [0.29, 0.717) is 0 Å². The molecule has 0 unspecified atom stereocenters. The normalized spacial score (nSPS) is 11.6. The van der Waals surface area contributed by atoms with Crippen molar-refractivity contribution < 1.29 is 18.0 Å². The minimum absolute atomic E-state index is 0.0267. The molecule has 6 heteroatoms. The fraction of sp³-hybridized carbons (Fsp3) is 0.300. The Kier molecular flexibility index (Phi) is 4.02. The average Bonchev–Trinajstić information content (AvgIpc) is 2.14. The number of alkyl halides is 4. The van der Waals surface area contributed by atoms with Crippen LogP contribution in [-0.4, -0.2) is 11.1 Å². The van der Waals surface area contributed by atoms with Crippen LogP contribution in [0.1, 0.15) is 21.5 Å². The summed E-state index contributed by atoms with van der Waals surface area (Å²) >= 11 is 8.62. The van der Waals surface area contributed by atoms with Gasteiger partial charge in [-0.3, -0.25) is 4.79 Å². The van der Waals surface area contributed by atoms with Gasteiger partial charge < -0.3 is 0 Å². The summed E-state index contributed by atoms with van der Waals surface area (Å²) in [6.07, 6.45) is -4.45. The van der Waals surface area contributed by atoms with Gasteiger partial charge in [0, 0.05) is 5.56 Å². The predicted octanol–water partition coefficient (Wildman–Crippen LogP) is 4.24. The second-order valence-corrected chi connectivity index (χ2v) is 4.17. The van der Waals surface area contributed by atoms with Gasteiger partial charge in [0.25, 0.3) is 0 Å². The molecule has 1 aromatic rings. The number of hydrogen-bond acceptors (Lipinski definition) is 1. The summed E-state index contributed by atoms with van der Waals surface area (Å²) in [6.45, 7) is 1.43. The summed E-state index contributed by atoms with van der Waals surface area (Å²) < 4.78 is 37.2. The summed E-state index contributed by atoms with van der Waals surface area (Å²) in [4.78, 5) is 11.4. The maximum atomic E-state index is 12.4. The molecule has 0 fully saturated rings. The second kappa shape index (κ2) is 4.75. The van der Waals surface area contributed by atoms with E-state index >= 15 is 0 Å². The predicted molar refractivity (Wildman–Crippen MR) is 59.3 cm³/mol. The van der Waals surface area contributed by atoms with Crippen LogP contribution in [0.15, 0.2) is 12.1 Å². The lowest BCUT2D eigenvalue weighted by molar-refractivity contribution is -0.137. The van der Waals surface area contributed by atoms with E-state index in [1.807, 2.05) is 0 Å². The third-order valence-electron chi connectivity index (χ3n) is 2.01. The molecule has 0 saturated heterocycles. The fourth-order valence-electron chi connectivity index (χ4n) is 1.33. The number of rotatable bonds is 2. The van der Waals surface area contributed by atoms with Gasteiger partial charge in [-0.25, -0.2) is 0 Å². The van der Waals surface area contributed by atoms with Gasteiger partial charge in [-0.2, -0.15) is 13.2 Å². The van der Waals surface area contributed by atoms with Crippen molar-refractivity contribution in [2.24, 2.45) is 0 Å². The van der Waals surface area contributed by atoms with Gasteiger partial charge in [0.2, 0.25) is 0 Å². The first kappa shape index (κ1) is 13.5. The van der Waals surface area contributed by atoms with Crippen LogP contribution in [-0.2, 0) is 6.18 Å². The van der Waals surface area contributed by atoms with Crippen LogP contribution < -0.4 is 0 Å². The standard InChI is InChI=1S/C10H7BrClF3O/c1-5-2-6(10(13,14)15)3-7(12)9(5)8(16)4-11/h2-3H,4H2,1H3. The molecule has 16 heavy (non-hydrogen) atoms. The third-order valence-corrected chi connectivity index (χ3v) is 2.82. The lowest BCUT2D eigenvalue weighted by Gasteiger charge is -2.11. The highest BCUT2D eigenvalue weighted by atomic mass is 79.9. The Labute approximate surface area is 104 Å². The van der Waals surface area contributed by atoms with Crippen molar-refractivity contribution in [1.29, 1.82) is 0 Å². The van der Waals surface area contributed by atoms with Crippen molar-refractivity contribution in [3.63, 3.8) is 0 Å².